The first-order valence-corrected chi connectivity index (χ1v) is 8.33. The molecule has 2 aliphatic rings. The Labute approximate surface area is 127 Å². The molecule has 3 rings (SSSR count). The molecule has 0 bridgehead atoms. The predicted molar refractivity (Wildman–Crippen MR) is 86.4 cm³/mol. The number of hydrazine groups is 1. The molecule has 1 saturated carbocycles. The van der Waals surface area contributed by atoms with E-state index >= 15 is 0 Å². The van der Waals surface area contributed by atoms with Crippen molar-refractivity contribution in [1.82, 2.24) is 9.97 Å². The van der Waals surface area contributed by atoms with E-state index in [9.17, 15) is 0 Å². The molecule has 0 aromatic carbocycles. The van der Waals surface area contributed by atoms with Crippen LogP contribution in [0.3, 0.4) is 0 Å². The fourth-order valence-corrected chi connectivity index (χ4v) is 3.34. The van der Waals surface area contributed by atoms with E-state index in [1.807, 2.05) is 0 Å². The van der Waals surface area contributed by atoms with E-state index < -0.39 is 0 Å². The molecule has 1 aliphatic carbocycles. The summed E-state index contributed by atoms with van der Waals surface area (Å²) in [6.45, 7) is 6.56. The van der Waals surface area contributed by atoms with Gasteiger partial charge in [0, 0.05) is 24.6 Å². The van der Waals surface area contributed by atoms with Crippen LogP contribution in [0.2, 0.25) is 0 Å². The van der Waals surface area contributed by atoms with Crippen molar-refractivity contribution in [1.29, 1.82) is 0 Å². The van der Waals surface area contributed by atoms with Gasteiger partial charge in [-0.15, -0.1) is 0 Å². The first kappa shape index (κ1) is 14.6. The number of rotatable bonds is 5. The van der Waals surface area contributed by atoms with Crippen LogP contribution >= 0.6 is 0 Å². The Morgan fingerprint density at radius 1 is 1.19 bits per heavy atom. The SMILES string of the molecule is CCCC1CCN(c2nc(C3CC3)nc(NN)c2C)CC1. The molecule has 5 nitrogen and oxygen atoms in total. The maximum atomic E-state index is 5.64. The lowest BCUT2D eigenvalue weighted by molar-refractivity contribution is 0.377. The largest absolute Gasteiger partial charge is 0.356 e. The Morgan fingerprint density at radius 3 is 2.48 bits per heavy atom. The number of nitrogens with one attached hydrogen (secondary N) is 1. The number of hydrogen-bond acceptors (Lipinski definition) is 5. The summed E-state index contributed by atoms with van der Waals surface area (Å²) in [4.78, 5) is 11.9. The van der Waals surface area contributed by atoms with Crippen molar-refractivity contribution in [3.05, 3.63) is 11.4 Å². The molecule has 1 saturated heterocycles. The zero-order valence-corrected chi connectivity index (χ0v) is 13.2. The van der Waals surface area contributed by atoms with Crippen LogP contribution in [-0.2, 0) is 0 Å². The van der Waals surface area contributed by atoms with Gasteiger partial charge in [-0.2, -0.15) is 0 Å². The van der Waals surface area contributed by atoms with Crippen molar-refractivity contribution < 1.29 is 0 Å². The second-order valence-corrected chi connectivity index (χ2v) is 6.52. The summed E-state index contributed by atoms with van der Waals surface area (Å²) in [6, 6.07) is 0. The normalized spacial score (nSPS) is 19.9. The number of nitrogen functional groups attached to an aromatic ring is 1. The van der Waals surface area contributed by atoms with Crippen molar-refractivity contribution >= 4 is 11.6 Å². The highest BCUT2D eigenvalue weighted by molar-refractivity contribution is 5.58. The molecular weight excluding hydrogens is 262 g/mol. The molecule has 1 aromatic rings. The summed E-state index contributed by atoms with van der Waals surface area (Å²) < 4.78 is 0. The third kappa shape index (κ3) is 3.12. The van der Waals surface area contributed by atoms with Gasteiger partial charge in [-0.05, 0) is 38.5 Å². The van der Waals surface area contributed by atoms with Gasteiger partial charge < -0.3 is 10.3 Å². The van der Waals surface area contributed by atoms with Gasteiger partial charge in [-0.3, -0.25) is 0 Å². The smallest absolute Gasteiger partial charge is 0.148 e. The fourth-order valence-electron chi connectivity index (χ4n) is 3.34. The molecule has 0 unspecified atom stereocenters. The lowest BCUT2D eigenvalue weighted by Gasteiger charge is -2.34. The number of piperidine rings is 1. The molecule has 116 valence electrons. The second kappa shape index (κ2) is 6.18. The van der Waals surface area contributed by atoms with Crippen LogP contribution in [0.25, 0.3) is 0 Å². The van der Waals surface area contributed by atoms with Crippen molar-refractivity contribution in [2.75, 3.05) is 23.4 Å². The van der Waals surface area contributed by atoms with Gasteiger partial charge in [0.2, 0.25) is 0 Å². The fraction of sp³-hybridized carbons (Fsp3) is 0.750. The van der Waals surface area contributed by atoms with E-state index in [0.717, 1.165) is 42.0 Å². The maximum Gasteiger partial charge on any atom is 0.148 e. The molecule has 0 radical (unpaired) electrons. The van der Waals surface area contributed by atoms with E-state index in [1.165, 1.54) is 38.5 Å². The molecule has 1 aliphatic heterocycles. The summed E-state index contributed by atoms with van der Waals surface area (Å²) in [6.07, 6.45) is 7.64. The Hall–Kier alpha value is -1.36. The third-order valence-corrected chi connectivity index (χ3v) is 4.83. The summed E-state index contributed by atoms with van der Waals surface area (Å²) in [5.74, 6) is 9.94. The van der Waals surface area contributed by atoms with Gasteiger partial charge in [-0.25, -0.2) is 15.8 Å². The highest BCUT2D eigenvalue weighted by Crippen LogP contribution is 2.40. The molecule has 0 amide bonds. The Bertz CT molecular complexity index is 490. The molecule has 2 fully saturated rings. The third-order valence-electron chi connectivity index (χ3n) is 4.83. The van der Waals surface area contributed by atoms with Gasteiger partial charge in [0.1, 0.15) is 17.5 Å². The van der Waals surface area contributed by atoms with Gasteiger partial charge in [-0.1, -0.05) is 19.8 Å². The Balaban J connectivity index is 1.79. The van der Waals surface area contributed by atoms with Crippen LogP contribution in [0.15, 0.2) is 0 Å². The minimum absolute atomic E-state index is 0.550. The molecule has 0 atom stereocenters. The zero-order chi connectivity index (χ0) is 14.8. The average molecular weight is 289 g/mol. The molecule has 5 heteroatoms. The van der Waals surface area contributed by atoms with Crippen LogP contribution in [-0.4, -0.2) is 23.1 Å². The average Bonchev–Trinajstić information content (AvgIpc) is 3.34. The summed E-state index contributed by atoms with van der Waals surface area (Å²) in [5, 5.41) is 0. The van der Waals surface area contributed by atoms with Gasteiger partial charge >= 0.3 is 0 Å². The summed E-state index contributed by atoms with van der Waals surface area (Å²) in [5.41, 5.74) is 3.83. The van der Waals surface area contributed by atoms with E-state index in [2.05, 4.69) is 29.2 Å². The van der Waals surface area contributed by atoms with Crippen molar-refractivity contribution in [3.63, 3.8) is 0 Å². The van der Waals surface area contributed by atoms with Gasteiger partial charge in [0.15, 0.2) is 0 Å². The predicted octanol–water partition coefficient (Wildman–Crippen LogP) is 2.96. The highest BCUT2D eigenvalue weighted by Gasteiger charge is 2.30. The summed E-state index contributed by atoms with van der Waals surface area (Å²) in [7, 11) is 0. The van der Waals surface area contributed by atoms with E-state index in [4.69, 9.17) is 10.8 Å². The van der Waals surface area contributed by atoms with Gasteiger partial charge in [0.25, 0.3) is 0 Å². The number of hydrogen-bond donors (Lipinski definition) is 2. The topological polar surface area (TPSA) is 67.1 Å². The van der Waals surface area contributed by atoms with Crippen LogP contribution < -0.4 is 16.2 Å². The minimum Gasteiger partial charge on any atom is -0.356 e. The Kier molecular flexibility index (Phi) is 4.29. The lowest BCUT2D eigenvalue weighted by Crippen LogP contribution is -2.35. The molecular formula is C16H27N5. The van der Waals surface area contributed by atoms with E-state index in [1.54, 1.807) is 0 Å². The van der Waals surface area contributed by atoms with Crippen LogP contribution in [0, 0.1) is 12.8 Å². The number of aromatic nitrogens is 2. The molecule has 3 N–H and O–H groups in total. The molecule has 0 spiro atoms. The molecule has 1 aromatic heterocycles. The van der Waals surface area contributed by atoms with Crippen molar-refractivity contribution in [2.24, 2.45) is 11.8 Å². The van der Waals surface area contributed by atoms with E-state index in [-0.39, 0.29) is 0 Å². The monoisotopic (exact) mass is 289 g/mol. The molecule has 2 heterocycles. The van der Waals surface area contributed by atoms with Crippen LogP contribution in [0.4, 0.5) is 11.6 Å². The quantitative estimate of drug-likeness (QED) is 0.644. The first-order valence-electron chi connectivity index (χ1n) is 8.33. The molecule has 21 heavy (non-hydrogen) atoms. The van der Waals surface area contributed by atoms with Crippen LogP contribution in [0.1, 0.15) is 62.8 Å². The number of nitrogens with zero attached hydrogens (tertiary/aromatic N) is 3. The summed E-state index contributed by atoms with van der Waals surface area (Å²) >= 11 is 0. The highest BCUT2D eigenvalue weighted by atomic mass is 15.3. The first-order chi connectivity index (χ1) is 10.2. The lowest BCUT2D eigenvalue weighted by atomic mass is 9.92. The van der Waals surface area contributed by atoms with Crippen molar-refractivity contribution in [2.45, 2.75) is 58.3 Å². The van der Waals surface area contributed by atoms with E-state index in [0.29, 0.717) is 5.92 Å². The van der Waals surface area contributed by atoms with Gasteiger partial charge in [0.05, 0.1) is 0 Å². The zero-order valence-electron chi connectivity index (χ0n) is 13.2. The minimum atomic E-state index is 0.550. The number of nitrogens with two attached hydrogens (primary N) is 1. The van der Waals surface area contributed by atoms with Crippen molar-refractivity contribution in [3.8, 4) is 0 Å². The Morgan fingerprint density at radius 2 is 1.90 bits per heavy atom. The second-order valence-electron chi connectivity index (χ2n) is 6.52. The maximum absolute atomic E-state index is 5.64. The standard InChI is InChI=1S/C16H27N5/c1-3-4-12-7-9-21(10-8-12)16-11(2)14(20-17)18-15(19-16)13-5-6-13/h12-13H,3-10,17H2,1-2H3,(H,18,19,20). The van der Waals surface area contributed by atoms with Crippen LogP contribution in [0.5, 0.6) is 0 Å². The number of anilines is 2.